The van der Waals surface area contributed by atoms with Gasteiger partial charge in [0.25, 0.3) is 5.91 Å². The van der Waals surface area contributed by atoms with Crippen LogP contribution in [0.1, 0.15) is 48.0 Å². The van der Waals surface area contributed by atoms with Gasteiger partial charge in [-0.3, -0.25) is 4.79 Å². The monoisotopic (exact) mass is 335 g/mol. The molecule has 1 aromatic rings. The van der Waals surface area contributed by atoms with E-state index in [4.69, 9.17) is 0 Å². The molecule has 0 aromatic heterocycles. The topological polar surface area (TPSA) is 54.5 Å². The number of hydrogen-bond donors (Lipinski definition) is 0. The Morgan fingerprint density at radius 1 is 1.13 bits per heavy atom. The molecule has 2 fully saturated rings. The first-order valence-corrected chi connectivity index (χ1v) is 10.4. The van der Waals surface area contributed by atoms with E-state index < -0.39 is 9.84 Å². The van der Waals surface area contributed by atoms with Crippen LogP contribution in [0, 0.1) is 18.8 Å². The summed E-state index contributed by atoms with van der Waals surface area (Å²) < 4.78 is 23.5. The highest BCUT2D eigenvalue weighted by Crippen LogP contribution is 2.36. The Morgan fingerprint density at radius 3 is 2.52 bits per heavy atom. The van der Waals surface area contributed by atoms with Crippen LogP contribution in [0.5, 0.6) is 0 Å². The third-order valence-corrected chi connectivity index (χ3v) is 6.56. The Bertz CT molecular complexity index is 711. The summed E-state index contributed by atoms with van der Waals surface area (Å²) in [5.41, 5.74) is 1.37. The van der Waals surface area contributed by atoms with Crippen LogP contribution in [0.3, 0.4) is 0 Å². The Morgan fingerprint density at radius 2 is 1.83 bits per heavy atom. The number of nitrogens with zero attached hydrogens (tertiary/aromatic N) is 1. The predicted octanol–water partition coefficient (Wildman–Crippen LogP) is 3.05. The maximum atomic E-state index is 12.9. The van der Waals surface area contributed by atoms with E-state index in [9.17, 15) is 13.2 Å². The Labute approximate surface area is 138 Å². The average molecular weight is 335 g/mol. The third kappa shape index (κ3) is 3.44. The van der Waals surface area contributed by atoms with Crippen LogP contribution < -0.4 is 0 Å². The predicted molar refractivity (Wildman–Crippen MR) is 90.3 cm³/mol. The van der Waals surface area contributed by atoms with Gasteiger partial charge in [0, 0.05) is 24.9 Å². The van der Waals surface area contributed by atoms with Gasteiger partial charge >= 0.3 is 0 Å². The number of carbonyl (C=O) groups excluding carboxylic acids is 1. The Kier molecular flexibility index (Phi) is 4.50. The van der Waals surface area contributed by atoms with E-state index in [1.54, 1.807) is 18.2 Å². The van der Waals surface area contributed by atoms with Crippen LogP contribution in [0.25, 0.3) is 0 Å². The number of hydrogen-bond acceptors (Lipinski definition) is 3. The maximum Gasteiger partial charge on any atom is 0.254 e. The second-order valence-electron chi connectivity index (χ2n) is 7.09. The molecule has 1 saturated carbocycles. The molecule has 5 heteroatoms. The summed E-state index contributed by atoms with van der Waals surface area (Å²) in [7, 11) is -3.30. The number of benzene rings is 1. The van der Waals surface area contributed by atoms with Crippen LogP contribution in [-0.2, 0) is 9.84 Å². The molecule has 0 N–H and O–H groups in total. The van der Waals surface area contributed by atoms with Crippen LogP contribution in [0.2, 0.25) is 0 Å². The minimum atomic E-state index is -3.30. The SMILES string of the molecule is Cc1ccc(S(C)(=O)=O)cc1C(=O)N1CCC2CCCCC2C1. The van der Waals surface area contributed by atoms with Gasteiger partial charge in [-0.25, -0.2) is 8.42 Å². The average Bonchev–Trinajstić information content (AvgIpc) is 2.53. The molecule has 2 aliphatic rings. The molecule has 1 saturated heterocycles. The summed E-state index contributed by atoms with van der Waals surface area (Å²) in [4.78, 5) is 15.1. The van der Waals surface area contributed by atoms with Crippen molar-refractivity contribution >= 4 is 15.7 Å². The number of sulfone groups is 1. The molecule has 1 amide bonds. The minimum Gasteiger partial charge on any atom is -0.338 e. The number of piperidine rings is 1. The van der Waals surface area contributed by atoms with Crippen molar-refractivity contribution in [3.8, 4) is 0 Å². The van der Waals surface area contributed by atoms with Gasteiger partial charge < -0.3 is 4.90 Å². The fourth-order valence-corrected chi connectivity index (χ4v) is 4.67. The zero-order valence-electron chi connectivity index (χ0n) is 13.9. The lowest BCUT2D eigenvalue weighted by Crippen LogP contribution is -2.45. The normalized spacial score (nSPS) is 25.0. The summed E-state index contributed by atoms with van der Waals surface area (Å²) in [6, 6.07) is 4.85. The van der Waals surface area contributed by atoms with Gasteiger partial charge in [0.2, 0.25) is 0 Å². The molecule has 3 rings (SSSR count). The zero-order valence-corrected chi connectivity index (χ0v) is 14.7. The van der Waals surface area contributed by atoms with Crippen molar-refractivity contribution in [2.45, 2.75) is 43.9 Å². The number of fused-ring (bicyclic) bond motifs is 1. The van der Waals surface area contributed by atoms with Gasteiger partial charge in [-0.05, 0) is 49.3 Å². The summed E-state index contributed by atoms with van der Waals surface area (Å²) >= 11 is 0. The number of amides is 1. The molecular weight excluding hydrogens is 310 g/mol. The summed E-state index contributed by atoms with van der Waals surface area (Å²) in [6.45, 7) is 3.49. The van der Waals surface area contributed by atoms with E-state index in [2.05, 4.69) is 0 Å². The smallest absolute Gasteiger partial charge is 0.254 e. The maximum absolute atomic E-state index is 12.9. The molecule has 1 aliphatic carbocycles. The fourth-order valence-electron chi connectivity index (χ4n) is 4.02. The summed E-state index contributed by atoms with van der Waals surface area (Å²) in [5.74, 6) is 1.38. The Hall–Kier alpha value is -1.36. The molecule has 2 atom stereocenters. The van der Waals surface area contributed by atoms with Crippen LogP contribution in [0.4, 0.5) is 0 Å². The van der Waals surface area contributed by atoms with E-state index in [0.717, 1.165) is 31.0 Å². The van der Waals surface area contributed by atoms with Crippen molar-refractivity contribution in [3.63, 3.8) is 0 Å². The fraction of sp³-hybridized carbons (Fsp3) is 0.611. The second-order valence-corrected chi connectivity index (χ2v) is 9.11. The second kappa shape index (κ2) is 6.27. The van der Waals surface area contributed by atoms with Crippen molar-refractivity contribution in [1.82, 2.24) is 4.90 Å². The van der Waals surface area contributed by atoms with Crippen LogP contribution in [0.15, 0.2) is 23.1 Å². The molecule has 1 aliphatic heterocycles. The quantitative estimate of drug-likeness (QED) is 0.835. The van der Waals surface area contributed by atoms with Crippen LogP contribution >= 0.6 is 0 Å². The third-order valence-electron chi connectivity index (χ3n) is 5.45. The lowest BCUT2D eigenvalue weighted by Gasteiger charge is -2.41. The molecule has 0 bridgehead atoms. The minimum absolute atomic E-state index is 0.0166. The number of rotatable bonds is 2. The highest BCUT2D eigenvalue weighted by molar-refractivity contribution is 7.90. The number of likely N-dealkylation sites (tertiary alicyclic amines) is 1. The number of aryl methyl sites for hydroxylation is 1. The Balaban J connectivity index is 1.83. The van der Waals surface area contributed by atoms with E-state index >= 15 is 0 Å². The summed E-state index contributed by atoms with van der Waals surface area (Å²) in [5, 5.41) is 0. The van der Waals surface area contributed by atoms with Gasteiger partial charge in [-0.2, -0.15) is 0 Å². The molecule has 23 heavy (non-hydrogen) atoms. The van der Waals surface area contributed by atoms with Crippen molar-refractivity contribution in [3.05, 3.63) is 29.3 Å². The van der Waals surface area contributed by atoms with Gasteiger partial charge in [-0.1, -0.05) is 25.3 Å². The van der Waals surface area contributed by atoms with E-state index in [1.807, 2.05) is 11.8 Å². The zero-order chi connectivity index (χ0) is 16.6. The molecule has 4 nitrogen and oxygen atoms in total. The highest BCUT2D eigenvalue weighted by atomic mass is 32.2. The van der Waals surface area contributed by atoms with Crippen molar-refractivity contribution < 1.29 is 13.2 Å². The standard InChI is InChI=1S/C18H25NO3S/c1-13-7-8-16(23(2,21)22)11-17(13)18(20)19-10-9-14-5-3-4-6-15(14)12-19/h7-8,11,14-15H,3-6,9-10,12H2,1-2H3. The lowest BCUT2D eigenvalue weighted by molar-refractivity contribution is 0.0520. The first kappa shape index (κ1) is 16.5. The molecule has 1 heterocycles. The van der Waals surface area contributed by atoms with Crippen molar-refractivity contribution in [2.24, 2.45) is 11.8 Å². The summed E-state index contributed by atoms with van der Waals surface area (Å²) in [6.07, 6.45) is 7.38. The van der Waals surface area contributed by atoms with E-state index in [0.29, 0.717) is 11.5 Å². The van der Waals surface area contributed by atoms with Crippen molar-refractivity contribution in [1.29, 1.82) is 0 Å². The molecular formula is C18H25NO3S. The lowest BCUT2D eigenvalue weighted by atomic mass is 9.75. The van der Waals surface area contributed by atoms with E-state index in [-0.39, 0.29) is 10.8 Å². The molecule has 1 aromatic carbocycles. The molecule has 2 unspecified atom stereocenters. The van der Waals surface area contributed by atoms with Crippen LogP contribution in [-0.4, -0.2) is 38.6 Å². The van der Waals surface area contributed by atoms with Gasteiger partial charge in [0.15, 0.2) is 9.84 Å². The molecule has 0 spiro atoms. The molecule has 0 radical (unpaired) electrons. The highest BCUT2D eigenvalue weighted by Gasteiger charge is 2.33. The first-order chi connectivity index (χ1) is 10.9. The largest absolute Gasteiger partial charge is 0.338 e. The number of carbonyl (C=O) groups is 1. The van der Waals surface area contributed by atoms with Gasteiger partial charge in [0.1, 0.15) is 0 Å². The van der Waals surface area contributed by atoms with Crippen molar-refractivity contribution in [2.75, 3.05) is 19.3 Å². The molecule has 126 valence electrons. The van der Waals surface area contributed by atoms with E-state index in [1.165, 1.54) is 31.9 Å². The van der Waals surface area contributed by atoms with Gasteiger partial charge in [0.05, 0.1) is 4.90 Å². The van der Waals surface area contributed by atoms with Gasteiger partial charge in [-0.15, -0.1) is 0 Å². The first-order valence-electron chi connectivity index (χ1n) is 8.46.